The van der Waals surface area contributed by atoms with Gasteiger partial charge in [-0.05, 0) is 35.9 Å². The zero-order valence-electron chi connectivity index (χ0n) is 15.1. The summed E-state index contributed by atoms with van der Waals surface area (Å²) < 4.78 is 0. The third kappa shape index (κ3) is 4.11. The number of anilines is 1. The van der Waals surface area contributed by atoms with Gasteiger partial charge in [0.15, 0.2) is 0 Å². The summed E-state index contributed by atoms with van der Waals surface area (Å²) in [7, 11) is 0. The number of nitrogens with zero attached hydrogens (tertiary/aromatic N) is 4. The van der Waals surface area contributed by atoms with Gasteiger partial charge in [-0.2, -0.15) is 0 Å². The number of piperazine rings is 1. The average Bonchev–Trinajstić information content (AvgIpc) is 2.74. The maximum absolute atomic E-state index is 12.5. The maximum Gasteiger partial charge on any atom is 0.246 e. The summed E-state index contributed by atoms with van der Waals surface area (Å²) in [6.45, 7) is 2.72. The molecule has 0 bridgehead atoms. The van der Waals surface area contributed by atoms with Crippen molar-refractivity contribution >= 4 is 52.0 Å². The third-order valence-electron chi connectivity index (χ3n) is 4.71. The molecule has 1 saturated heterocycles. The van der Waals surface area contributed by atoms with Crippen LogP contribution in [-0.2, 0) is 4.79 Å². The van der Waals surface area contributed by atoms with Crippen LogP contribution >= 0.6 is 23.2 Å². The summed E-state index contributed by atoms with van der Waals surface area (Å²) in [5.74, 6) is 0.826. The first-order chi connectivity index (χ1) is 13.6. The first-order valence-electron chi connectivity index (χ1n) is 8.99. The van der Waals surface area contributed by atoms with Gasteiger partial charge < -0.3 is 9.80 Å². The minimum Gasteiger partial charge on any atom is -0.352 e. The molecule has 1 amide bonds. The lowest BCUT2D eigenvalue weighted by atomic mass is 10.2. The van der Waals surface area contributed by atoms with E-state index >= 15 is 0 Å². The molecule has 1 aliphatic rings. The van der Waals surface area contributed by atoms with E-state index in [4.69, 9.17) is 23.2 Å². The van der Waals surface area contributed by atoms with Crippen LogP contribution in [0.25, 0.3) is 17.1 Å². The molecule has 0 atom stereocenters. The standard InChI is InChI=1S/C21H18Cl2N4O/c22-16-7-5-15(13-17(16)23)6-8-21(28)27-11-9-26(10-12-27)20-14-24-18-3-1-2-4-19(18)25-20/h1-8,13-14H,9-12H2/b8-6+. The number of benzene rings is 2. The van der Waals surface area contributed by atoms with Gasteiger partial charge in [0, 0.05) is 32.3 Å². The molecular formula is C21H18Cl2N4O. The van der Waals surface area contributed by atoms with Gasteiger partial charge in [0.25, 0.3) is 0 Å². The fraction of sp³-hybridized carbons (Fsp3) is 0.190. The molecule has 28 heavy (non-hydrogen) atoms. The molecule has 0 N–H and O–H groups in total. The van der Waals surface area contributed by atoms with Crippen molar-refractivity contribution in [3.63, 3.8) is 0 Å². The number of hydrogen-bond donors (Lipinski definition) is 0. The smallest absolute Gasteiger partial charge is 0.246 e. The number of carbonyl (C=O) groups is 1. The normalized spacial score (nSPS) is 14.8. The van der Waals surface area contributed by atoms with Gasteiger partial charge in [0.1, 0.15) is 5.82 Å². The second-order valence-corrected chi connectivity index (χ2v) is 7.35. The molecule has 0 aliphatic carbocycles. The van der Waals surface area contributed by atoms with Crippen LogP contribution in [0.4, 0.5) is 5.82 Å². The van der Waals surface area contributed by atoms with Gasteiger partial charge in [-0.15, -0.1) is 0 Å². The van der Waals surface area contributed by atoms with Crippen molar-refractivity contribution in [3.8, 4) is 0 Å². The molecule has 0 unspecified atom stereocenters. The van der Waals surface area contributed by atoms with Crippen molar-refractivity contribution in [1.29, 1.82) is 0 Å². The molecule has 3 aromatic rings. The Hall–Kier alpha value is -2.63. The van der Waals surface area contributed by atoms with E-state index in [-0.39, 0.29) is 5.91 Å². The lowest BCUT2D eigenvalue weighted by Crippen LogP contribution is -2.48. The van der Waals surface area contributed by atoms with Gasteiger partial charge in [-0.1, -0.05) is 41.4 Å². The molecule has 1 aliphatic heterocycles. The van der Waals surface area contributed by atoms with Crippen LogP contribution in [0, 0.1) is 0 Å². The topological polar surface area (TPSA) is 49.3 Å². The number of hydrogen-bond acceptors (Lipinski definition) is 4. The summed E-state index contributed by atoms with van der Waals surface area (Å²) in [6, 6.07) is 13.1. The molecule has 142 valence electrons. The quantitative estimate of drug-likeness (QED) is 0.601. The number of carbonyl (C=O) groups excluding carboxylic acids is 1. The number of aromatic nitrogens is 2. The van der Waals surface area contributed by atoms with Crippen LogP contribution in [0.3, 0.4) is 0 Å². The van der Waals surface area contributed by atoms with E-state index in [1.165, 1.54) is 0 Å². The highest BCUT2D eigenvalue weighted by Crippen LogP contribution is 2.23. The Morgan fingerprint density at radius 1 is 0.964 bits per heavy atom. The van der Waals surface area contributed by atoms with Crippen molar-refractivity contribution in [3.05, 3.63) is 70.3 Å². The Morgan fingerprint density at radius 2 is 1.71 bits per heavy atom. The number of fused-ring (bicyclic) bond motifs is 1. The predicted octanol–water partition coefficient (Wildman–Crippen LogP) is 4.30. The van der Waals surface area contributed by atoms with Gasteiger partial charge >= 0.3 is 0 Å². The average molecular weight is 413 g/mol. The SMILES string of the molecule is O=C(/C=C/c1ccc(Cl)c(Cl)c1)N1CCN(c2cnc3ccccc3n2)CC1. The Balaban J connectivity index is 1.38. The van der Waals surface area contributed by atoms with Crippen molar-refractivity contribution in [2.75, 3.05) is 31.1 Å². The molecule has 1 aromatic heterocycles. The Morgan fingerprint density at radius 3 is 2.46 bits per heavy atom. The van der Waals surface area contributed by atoms with E-state index in [2.05, 4.69) is 14.9 Å². The van der Waals surface area contributed by atoms with Gasteiger partial charge in [-0.25, -0.2) is 4.98 Å². The van der Waals surface area contributed by atoms with Crippen LogP contribution < -0.4 is 4.90 Å². The maximum atomic E-state index is 12.5. The number of rotatable bonds is 3. The third-order valence-corrected chi connectivity index (χ3v) is 5.45. The molecule has 2 heterocycles. The Bertz CT molecular complexity index is 1050. The number of amides is 1. The molecule has 5 nitrogen and oxygen atoms in total. The van der Waals surface area contributed by atoms with Crippen LogP contribution in [0.15, 0.2) is 54.7 Å². The minimum absolute atomic E-state index is 0.0182. The lowest BCUT2D eigenvalue weighted by molar-refractivity contribution is -0.126. The van der Waals surface area contributed by atoms with Gasteiger partial charge in [0.2, 0.25) is 5.91 Å². The second kappa shape index (κ2) is 8.17. The second-order valence-electron chi connectivity index (χ2n) is 6.54. The zero-order chi connectivity index (χ0) is 19.5. The first-order valence-corrected chi connectivity index (χ1v) is 9.74. The highest BCUT2D eigenvalue weighted by Gasteiger charge is 2.21. The summed E-state index contributed by atoms with van der Waals surface area (Å²) in [5.41, 5.74) is 2.60. The summed E-state index contributed by atoms with van der Waals surface area (Å²) in [6.07, 6.45) is 5.13. The number of para-hydroxylation sites is 2. The largest absolute Gasteiger partial charge is 0.352 e. The van der Waals surface area contributed by atoms with E-state index in [0.29, 0.717) is 23.1 Å². The molecule has 0 radical (unpaired) electrons. The van der Waals surface area contributed by atoms with E-state index in [1.54, 1.807) is 30.5 Å². The van der Waals surface area contributed by atoms with E-state index < -0.39 is 0 Å². The van der Waals surface area contributed by atoms with E-state index in [9.17, 15) is 4.79 Å². The summed E-state index contributed by atoms with van der Waals surface area (Å²) >= 11 is 11.9. The number of halogens is 2. The van der Waals surface area contributed by atoms with Crippen LogP contribution in [0.5, 0.6) is 0 Å². The van der Waals surface area contributed by atoms with Crippen molar-refractivity contribution < 1.29 is 4.79 Å². The predicted molar refractivity (Wildman–Crippen MR) is 114 cm³/mol. The zero-order valence-corrected chi connectivity index (χ0v) is 16.6. The molecule has 4 rings (SSSR count). The van der Waals surface area contributed by atoms with Crippen molar-refractivity contribution in [1.82, 2.24) is 14.9 Å². The molecule has 2 aromatic carbocycles. The van der Waals surface area contributed by atoms with E-state index in [0.717, 1.165) is 35.5 Å². The molecule has 0 spiro atoms. The fourth-order valence-electron chi connectivity index (χ4n) is 3.14. The van der Waals surface area contributed by atoms with Crippen LogP contribution in [0.2, 0.25) is 10.0 Å². The van der Waals surface area contributed by atoms with Gasteiger partial charge in [0.05, 0.1) is 27.3 Å². The Kier molecular flexibility index (Phi) is 5.46. The first kappa shape index (κ1) is 18.7. The molecular weight excluding hydrogens is 395 g/mol. The Labute approximate surface area is 173 Å². The highest BCUT2D eigenvalue weighted by atomic mass is 35.5. The van der Waals surface area contributed by atoms with E-state index in [1.807, 2.05) is 35.2 Å². The highest BCUT2D eigenvalue weighted by molar-refractivity contribution is 6.42. The van der Waals surface area contributed by atoms with Crippen LogP contribution in [-0.4, -0.2) is 47.0 Å². The molecule has 7 heteroatoms. The minimum atomic E-state index is -0.0182. The molecule has 1 fully saturated rings. The van der Waals surface area contributed by atoms with Crippen molar-refractivity contribution in [2.24, 2.45) is 0 Å². The van der Waals surface area contributed by atoms with Crippen LogP contribution in [0.1, 0.15) is 5.56 Å². The van der Waals surface area contributed by atoms with Gasteiger partial charge in [-0.3, -0.25) is 9.78 Å². The summed E-state index contributed by atoms with van der Waals surface area (Å²) in [4.78, 5) is 25.6. The van der Waals surface area contributed by atoms with Crippen molar-refractivity contribution in [2.45, 2.75) is 0 Å². The monoisotopic (exact) mass is 412 g/mol. The molecule has 0 saturated carbocycles. The lowest BCUT2D eigenvalue weighted by Gasteiger charge is -2.34. The summed E-state index contributed by atoms with van der Waals surface area (Å²) in [5, 5.41) is 0.972. The fourth-order valence-corrected chi connectivity index (χ4v) is 3.45.